The van der Waals surface area contributed by atoms with Gasteiger partial charge in [-0.1, -0.05) is 0 Å². The molecule has 0 amide bonds. The van der Waals surface area contributed by atoms with Gasteiger partial charge in [-0.2, -0.15) is 5.26 Å². The van der Waals surface area contributed by atoms with Gasteiger partial charge in [0.05, 0.1) is 17.3 Å². The van der Waals surface area contributed by atoms with Crippen molar-refractivity contribution < 1.29 is 4.39 Å². The SMILES string of the molecule is Cc1cnc(Nc2ccc(C#N)cc2F)s1. The molecule has 2 rings (SSSR count). The minimum atomic E-state index is -0.452. The summed E-state index contributed by atoms with van der Waals surface area (Å²) in [7, 11) is 0. The zero-order valence-corrected chi connectivity index (χ0v) is 9.31. The van der Waals surface area contributed by atoms with Crippen molar-refractivity contribution in [3.05, 3.63) is 40.7 Å². The Hall–Kier alpha value is -1.93. The Morgan fingerprint density at radius 3 is 2.88 bits per heavy atom. The van der Waals surface area contributed by atoms with Gasteiger partial charge in [0.2, 0.25) is 0 Å². The Bertz CT molecular complexity index is 557. The molecule has 0 fully saturated rings. The summed E-state index contributed by atoms with van der Waals surface area (Å²) in [5.41, 5.74) is 0.631. The zero-order chi connectivity index (χ0) is 11.5. The summed E-state index contributed by atoms with van der Waals surface area (Å²) in [6, 6.07) is 6.17. The Morgan fingerprint density at radius 2 is 2.31 bits per heavy atom. The highest BCUT2D eigenvalue weighted by Gasteiger charge is 2.05. The van der Waals surface area contributed by atoms with E-state index in [1.165, 1.54) is 23.5 Å². The standard InChI is InChI=1S/C11H8FN3S/c1-7-6-14-11(16-7)15-10-3-2-8(5-13)4-9(10)12/h2-4,6H,1H3,(H,14,15). The normalized spacial score (nSPS) is 9.81. The first kappa shape index (κ1) is 10.6. The van der Waals surface area contributed by atoms with Crippen LogP contribution >= 0.6 is 11.3 Å². The highest BCUT2D eigenvalue weighted by atomic mass is 32.1. The molecule has 0 aliphatic rings. The molecular weight excluding hydrogens is 225 g/mol. The average Bonchev–Trinajstić information content (AvgIpc) is 2.67. The largest absolute Gasteiger partial charge is 0.329 e. The van der Waals surface area contributed by atoms with Crippen LogP contribution in [0.15, 0.2) is 24.4 Å². The molecule has 0 saturated carbocycles. The third-order valence-electron chi connectivity index (χ3n) is 1.96. The molecule has 3 nitrogen and oxygen atoms in total. The van der Waals surface area contributed by atoms with E-state index >= 15 is 0 Å². The molecule has 16 heavy (non-hydrogen) atoms. The van der Waals surface area contributed by atoms with E-state index in [9.17, 15) is 4.39 Å². The molecule has 0 unspecified atom stereocenters. The van der Waals surface area contributed by atoms with Gasteiger partial charge in [-0.25, -0.2) is 9.37 Å². The van der Waals surface area contributed by atoms with Gasteiger partial charge in [-0.3, -0.25) is 0 Å². The monoisotopic (exact) mass is 233 g/mol. The number of hydrogen-bond donors (Lipinski definition) is 1. The maximum atomic E-state index is 13.5. The highest BCUT2D eigenvalue weighted by molar-refractivity contribution is 7.15. The van der Waals surface area contributed by atoms with E-state index in [4.69, 9.17) is 5.26 Å². The Morgan fingerprint density at radius 1 is 1.50 bits per heavy atom. The summed E-state index contributed by atoms with van der Waals surface area (Å²) >= 11 is 1.45. The van der Waals surface area contributed by atoms with Crippen LogP contribution in [0.1, 0.15) is 10.4 Å². The van der Waals surface area contributed by atoms with Crippen LogP contribution in [0.5, 0.6) is 0 Å². The summed E-state index contributed by atoms with van der Waals surface area (Å²) < 4.78 is 13.5. The van der Waals surface area contributed by atoms with Crippen LogP contribution < -0.4 is 5.32 Å². The van der Waals surface area contributed by atoms with Crippen LogP contribution in [-0.4, -0.2) is 4.98 Å². The van der Waals surface area contributed by atoms with Crippen LogP contribution in [0.2, 0.25) is 0 Å². The molecule has 0 aliphatic heterocycles. The fraction of sp³-hybridized carbons (Fsp3) is 0.0909. The number of halogens is 1. The van der Waals surface area contributed by atoms with E-state index in [1.807, 2.05) is 13.0 Å². The molecule has 80 valence electrons. The molecule has 0 saturated heterocycles. The lowest BCUT2D eigenvalue weighted by Crippen LogP contribution is -1.93. The lowest BCUT2D eigenvalue weighted by Gasteiger charge is -2.03. The van der Waals surface area contributed by atoms with Crippen LogP contribution in [-0.2, 0) is 0 Å². The van der Waals surface area contributed by atoms with Crippen molar-refractivity contribution in [2.75, 3.05) is 5.32 Å². The number of benzene rings is 1. The van der Waals surface area contributed by atoms with Gasteiger partial charge in [0, 0.05) is 11.1 Å². The molecule has 1 N–H and O–H groups in total. The van der Waals surface area contributed by atoms with Crippen LogP contribution in [0.25, 0.3) is 0 Å². The van der Waals surface area contributed by atoms with Gasteiger partial charge in [0.15, 0.2) is 5.13 Å². The number of hydrogen-bond acceptors (Lipinski definition) is 4. The molecule has 5 heteroatoms. The number of rotatable bonds is 2. The van der Waals surface area contributed by atoms with Crippen molar-refractivity contribution in [1.82, 2.24) is 4.98 Å². The minimum absolute atomic E-state index is 0.304. The van der Waals surface area contributed by atoms with E-state index in [-0.39, 0.29) is 0 Å². The first-order chi connectivity index (χ1) is 7.69. The Labute approximate surface area is 96.2 Å². The second-order valence-corrected chi connectivity index (χ2v) is 4.44. The summed E-state index contributed by atoms with van der Waals surface area (Å²) in [4.78, 5) is 5.12. The van der Waals surface area contributed by atoms with Gasteiger partial charge >= 0.3 is 0 Å². The molecule has 1 heterocycles. The minimum Gasteiger partial charge on any atom is -0.329 e. The van der Waals surface area contributed by atoms with E-state index in [1.54, 1.807) is 12.3 Å². The summed E-state index contributed by atoms with van der Waals surface area (Å²) in [6.45, 7) is 1.93. The zero-order valence-electron chi connectivity index (χ0n) is 8.49. The van der Waals surface area contributed by atoms with Crippen molar-refractivity contribution >= 4 is 22.2 Å². The molecule has 2 aromatic rings. The smallest absolute Gasteiger partial charge is 0.187 e. The maximum absolute atomic E-state index is 13.5. The second-order valence-electron chi connectivity index (χ2n) is 3.21. The fourth-order valence-electron chi connectivity index (χ4n) is 1.21. The topological polar surface area (TPSA) is 48.7 Å². The van der Waals surface area contributed by atoms with Crippen molar-refractivity contribution in [2.24, 2.45) is 0 Å². The summed E-state index contributed by atoms with van der Waals surface area (Å²) in [6.07, 6.45) is 1.72. The maximum Gasteiger partial charge on any atom is 0.187 e. The third-order valence-corrected chi connectivity index (χ3v) is 2.79. The van der Waals surface area contributed by atoms with E-state index in [0.29, 0.717) is 16.4 Å². The molecule has 1 aromatic carbocycles. The first-order valence-corrected chi connectivity index (χ1v) is 5.40. The number of nitrogens with one attached hydrogen (secondary N) is 1. The second kappa shape index (κ2) is 4.29. The average molecular weight is 233 g/mol. The van der Waals surface area contributed by atoms with Gasteiger partial charge in [0.25, 0.3) is 0 Å². The first-order valence-electron chi connectivity index (χ1n) is 4.58. The van der Waals surface area contributed by atoms with Gasteiger partial charge < -0.3 is 5.32 Å². The molecule has 0 aliphatic carbocycles. The molecule has 0 radical (unpaired) electrons. The molecular formula is C11H8FN3S. The lowest BCUT2D eigenvalue weighted by atomic mass is 10.2. The van der Waals surface area contributed by atoms with E-state index < -0.39 is 5.82 Å². The van der Waals surface area contributed by atoms with E-state index in [2.05, 4.69) is 10.3 Å². The Kier molecular flexibility index (Phi) is 2.84. The van der Waals surface area contributed by atoms with Crippen LogP contribution in [0.3, 0.4) is 0 Å². The number of nitriles is 1. The van der Waals surface area contributed by atoms with Gasteiger partial charge in [-0.15, -0.1) is 11.3 Å². The number of aryl methyl sites for hydroxylation is 1. The lowest BCUT2D eigenvalue weighted by molar-refractivity contribution is 0.631. The van der Waals surface area contributed by atoms with Crippen LogP contribution in [0.4, 0.5) is 15.2 Å². The fourth-order valence-corrected chi connectivity index (χ4v) is 1.89. The number of aromatic nitrogens is 1. The Balaban J connectivity index is 2.26. The number of thiazole rings is 1. The number of anilines is 2. The van der Waals surface area contributed by atoms with Gasteiger partial charge in [0.1, 0.15) is 5.82 Å². The van der Waals surface area contributed by atoms with E-state index in [0.717, 1.165) is 4.88 Å². The third kappa shape index (κ3) is 2.18. The van der Waals surface area contributed by atoms with Crippen LogP contribution in [0, 0.1) is 24.1 Å². The van der Waals surface area contributed by atoms with Crippen molar-refractivity contribution in [3.63, 3.8) is 0 Å². The van der Waals surface area contributed by atoms with Crippen molar-refractivity contribution in [1.29, 1.82) is 5.26 Å². The number of nitrogens with zero attached hydrogens (tertiary/aromatic N) is 2. The predicted molar refractivity (Wildman–Crippen MR) is 61.2 cm³/mol. The predicted octanol–water partition coefficient (Wildman–Crippen LogP) is 3.21. The molecule has 0 bridgehead atoms. The van der Waals surface area contributed by atoms with Crippen molar-refractivity contribution in [2.45, 2.75) is 6.92 Å². The molecule has 1 aromatic heterocycles. The molecule has 0 atom stereocenters. The summed E-state index contributed by atoms with van der Waals surface area (Å²) in [5.74, 6) is -0.452. The quantitative estimate of drug-likeness (QED) is 0.866. The van der Waals surface area contributed by atoms with Gasteiger partial charge in [-0.05, 0) is 25.1 Å². The van der Waals surface area contributed by atoms with Crippen molar-refractivity contribution in [3.8, 4) is 6.07 Å². The highest BCUT2D eigenvalue weighted by Crippen LogP contribution is 2.24. The molecule has 0 spiro atoms. The summed E-state index contributed by atoms with van der Waals surface area (Å²) in [5, 5.41) is 12.1.